The van der Waals surface area contributed by atoms with Crippen LogP contribution in [0.15, 0.2) is 47.8 Å². The predicted octanol–water partition coefficient (Wildman–Crippen LogP) is 4.79. The first-order valence-electron chi connectivity index (χ1n) is 8.29. The number of thiophene rings is 1. The largest absolute Gasteiger partial charge is 0.504 e. The van der Waals surface area contributed by atoms with Gasteiger partial charge in [0.1, 0.15) is 18.2 Å². The van der Waals surface area contributed by atoms with Crippen LogP contribution in [0.4, 0.5) is 8.78 Å². The van der Waals surface area contributed by atoms with E-state index in [2.05, 4.69) is 0 Å². The van der Waals surface area contributed by atoms with Crippen LogP contribution in [0.5, 0.6) is 11.5 Å². The lowest BCUT2D eigenvalue weighted by atomic mass is 10.1. The second-order valence-electron chi connectivity index (χ2n) is 6.26. The molecule has 4 rings (SSSR count). The number of rotatable bonds is 3. The highest BCUT2D eigenvalue weighted by molar-refractivity contribution is 7.13. The maximum Gasteiger partial charge on any atom is 0.165 e. The van der Waals surface area contributed by atoms with Crippen LogP contribution >= 0.6 is 11.3 Å². The van der Waals surface area contributed by atoms with Crippen LogP contribution < -0.4 is 4.74 Å². The molecule has 0 unspecified atom stereocenters. The summed E-state index contributed by atoms with van der Waals surface area (Å²) in [5.74, 6) is -0.542. The minimum atomic E-state index is -0.582. The van der Waals surface area contributed by atoms with Crippen LogP contribution in [-0.2, 0) is 13.1 Å². The molecule has 134 valence electrons. The van der Waals surface area contributed by atoms with Crippen molar-refractivity contribution in [3.8, 4) is 21.9 Å². The van der Waals surface area contributed by atoms with Crippen molar-refractivity contribution in [1.29, 1.82) is 0 Å². The van der Waals surface area contributed by atoms with Gasteiger partial charge in [0, 0.05) is 41.7 Å². The Morgan fingerprint density at radius 2 is 2.04 bits per heavy atom. The third-order valence-electron chi connectivity index (χ3n) is 4.41. The molecule has 3 aromatic rings. The lowest BCUT2D eigenvalue weighted by Crippen LogP contribution is -2.25. The van der Waals surface area contributed by atoms with Crippen LogP contribution in [0.1, 0.15) is 11.1 Å². The summed E-state index contributed by atoms with van der Waals surface area (Å²) in [6.07, 6.45) is 0. The number of aromatic hydroxyl groups is 1. The van der Waals surface area contributed by atoms with Crippen molar-refractivity contribution in [3.63, 3.8) is 0 Å². The number of hydrogen-bond donors (Lipinski definition) is 1. The fraction of sp³-hybridized carbons (Fsp3) is 0.200. The second kappa shape index (κ2) is 7.05. The average Bonchev–Trinajstić information content (AvgIpc) is 3.06. The van der Waals surface area contributed by atoms with Crippen molar-refractivity contribution in [2.24, 2.45) is 0 Å². The number of nitrogens with zero attached hydrogens (tertiary/aromatic N) is 1. The summed E-state index contributed by atoms with van der Waals surface area (Å²) >= 11 is 1.60. The zero-order chi connectivity index (χ0) is 18.1. The van der Waals surface area contributed by atoms with Gasteiger partial charge >= 0.3 is 0 Å². The Morgan fingerprint density at radius 3 is 2.81 bits per heavy atom. The minimum absolute atomic E-state index is 0.112. The van der Waals surface area contributed by atoms with Gasteiger partial charge in [-0.3, -0.25) is 4.90 Å². The molecule has 0 aliphatic carbocycles. The molecule has 0 atom stereocenters. The Labute approximate surface area is 154 Å². The quantitative estimate of drug-likeness (QED) is 0.716. The van der Waals surface area contributed by atoms with E-state index in [-0.39, 0.29) is 5.75 Å². The maximum atomic E-state index is 14.0. The number of phenols is 1. The molecule has 0 saturated carbocycles. The smallest absolute Gasteiger partial charge is 0.165 e. The molecule has 3 nitrogen and oxygen atoms in total. The Morgan fingerprint density at radius 1 is 1.15 bits per heavy atom. The van der Waals surface area contributed by atoms with Crippen LogP contribution in [-0.4, -0.2) is 23.2 Å². The van der Waals surface area contributed by atoms with Gasteiger partial charge in [-0.15, -0.1) is 11.3 Å². The number of hydrogen-bond acceptors (Lipinski definition) is 4. The molecule has 0 spiro atoms. The normalized spacial score (nSPS) is 14.5. The molecule has 1 aliphatic rings. The number of ether oxygens (including phenoxy) is 1. The molecule has 0 radical (unpaired) electrons. The van der Waals surface area contributed by atoms with Gasteiger partial charge in [-0.25, -0.2) is 8.78 Å². The maximum absolute atomic E-state index is 14.0. The van der Waals surface area contributed by atoms with Crippen molar-refractivity contribution in [1.82, 2.24) is 4.90 Å². The highest BCUT2D eigenvalue weighted by Gasteiger charge is 2.21. The fourth-order valence-electron chi connectivity index (χ4n) is 3.16. The van der Waals surface area contributed by atoms with Crippen molar-refractivity contribution in [2.75, 3.05) is 13.2 Å². The van der Waals surface area contributed by atoms with Crippen molar-refractivity contribution in [3.05, 3.63) is 70.6 Å². The van der Waals surface area contributed by atoms with Gasteiger partial charge < -0.3 is 9.84 Å². The number of fused-ring (bicyclic) bond motifs is 1. The first kappa shape index (κ1) is 17.0. The molecule has 0 saturated heterocycles. The SMILES string of the molecule is Oc1cc(-c2cccs2)cc2c1OCCN(Cc1ccc(F)cc1F)C2. The Kier molecular flexibility index (Phi) is 4.61. The van der Waals surface area contributed by atoms with E-state index in [1.807, 2.05) is 28.5 Å². The van der Waals surface area contributed by atoms with Gasteiger partial charge in [-0.2, -0.15) is 0 Å². The molecule has 0 amide bonds. The van der Waals surface area contributed by atoms with Crippen molar-refractivity contribution < 1.29 is 18.6 Å². The van der Waals surface area contributed by atoms with E-state index in [0.717, 1.165) is 22.1 Å². The van der Waals surface area contributed by atoms with Gasteiger partial charge in [0.25, 0.3) is 0 Å². The lowest BCUT2D eigenvalue weighted by molar-refractivity contribution is 0.215. The summed E-state index contributed by atoms with van der Waals surface area (Å²) in [5, 5.41) is 12.4. The van der Waals surface area contributed by atoms with E-state index >= 15 is 0 Å². The second-order valence-corrected chi connectivity index (χ2v) is 7.20. The third kappa shape index (κ3) is 3.43. The molecule has 2 aromatic carbocycles. The van der Waals surface area contributed by atoms with E-state index in [0.29, 0.717) is 37.6 Å². The number of phenolic OH excluding ortho intramolecular Hbond substituents is 1. The molecule has 26 heavy (non-hydrogen) atoms. The highest BCUT2D eigenvalue weighted by atomic mass is 32.1. The third-order valence-corrected chi connectivity index (χ3v) is 5.33. The lowest BCUT2D eigenvalue weighted by Gasteiger charge is -2.20. The zero-order valence-electron chi connectivity index (χ0n) is 13.9. The topological polar surface area (TPSA) is 32.7 Å². The first-order chi connectivity index (χ1) is 12.6. The van der Waals surface area contributed by atoms with Gasteiger partial charge in [-0.1, -0.05) is 12.1 Å². The molecular formula is C20H17F2NO2S. The molecule has 1 N–H and O–H groups in total. The van der Waals surface area contributed by atoms with Crippen LogP contribution in [0.2, 0.25) is 0 Å². The summed E-state index contributed by atoms with van der Waals surface area (Å²) in [5.41, 5.74) is 2.22. The van der Waals surface area contributed by atoms with Crippen molar-refractivity contribution in [2.45, 2.75) is 13.1 Å². The Bertz CT molecular complexity index is 928. The standard InChI is InChI=1S/C20H17F2NO2S/c21-16-4-3-13(17(22)10-16)11-23-5-6-25-20-15(12-23)8-14(9-18(20)24)19-2-1-7-26-19/h1-4,7-10,24H,5-6,11-12H2. The van der Waals surface area contributed by atoms with E-state index in [1.54, 1.807) is 17.4 Å². The van der Waals surface area contributed by atoms with Crippen LogP contribution in [0, 0.1) is 11.6 Å². The van der Waals surface area contributed by atoms with Crippen LogP contribution in [0.25, 0.3) is 10.4 Å². The zero-order valence-corrected chi connectivity index (χ0v) is 14.7. The minimum Gasteiger partial charge on any atom is -0.504 e. The summed E-state index contributed by atoms with van der Waals surface area (Å²) in [4.78, 5) is 3.09. The summed E-state index contributed by atoms with van der Waals surface area (Å²) in [7, 11) is 0. The molecular weight excluding hydrogens is 356 g/mol. The molecule has 1 aromatic heterocycles. The van der Waals surface area contributed by atoms with Gasteiger partial charge in [0.15, 0.2) is 11.5 Å². The van der Waals surface area contributed by atoms with Gasteiger partial charge in [0.05, 0.1) is 0 Å². The number of benzene rings is 2. The molecule has 1 aliphatic heterocycles. The molecule has 2 heterocycles. The molecule has 0 bridgehead atoms. The van der Waals surface area contributed by atoms with Gasteiger partial charge in [0.2, 0.25) is 0 Å². The number of halogens is 2. The fourth-order valence-corrected chi connectivity index (χ4v) is 3.88. The van der Waals surface area contributed by atoms with Gasteiger partial charge in [-0.05, 0) is 35.2 Å². The summed E-state index contributed by atoms with van der Waals surface area (Å²) < 4.78 is 32.8. The average molecular weight is 373 g/mol. The summed E-state index contributed by atoms with van der Waals surface area (Å²) in [6.45, 7) is 1.83. The van der Waals surface area contributed by atoms with Crippen LogP contribution in [0.3, 0.4) is 0 Å². The monoisotopic (exact) mass is 373 g/mol. The predicted molar refractivity (Wildman–Crippen MR) is 97.4 cm³/mol. The molecule has 6 heteroatoms. The Hall–Kier alpha value is -2.44. The van der Waals surface area contributed by atoms with E-state index in [9.17, 15) is 13.9 Å². The first-order valence-corrected chi connectivity index (χ1v) is 9.17. The highest BCUT2D eigenvalue weighted by Crippen LogP contribution is 2.38. The Balaban J connectivity index is 1.63. The molecule has 0 fully saturated rings. The van der Waals surface area contributed by atoms with Crippen molar-refractivity contribution >= 4 is 11.3 Å². The van der Waals surface area contributed by atoms with E-state index in [4.69, 9.17) is 4.74 Å². The van der Waals surface area contributed by atoms with E-state index < -0.39 is 11.6 Å². The van der Waals surface area contributed by atoms with E-state index in [1.165, 1.54) is 12.1 Å². The summed E-state index contributed by atoms with van der Waals surface area (Å²) in [6, 6.07) is 11.3.